The molecule has 2 heterocycles. The third-order valence-corrected chi connectivity index (χ3v) is 3.64. The minimum absolute atomic E-state index is 0.140. The Morgan fingerprint density at radius 1 is 1.27 bits per heavy atom. The van der Waals surface area contributed by atoms with Crippen LogP contribution in [0.2, 0.25) is 0 Å². The molecular weight excluding hydrogens is 294 g/mol. The lowest BCUT2D eigenvalue weighted by Gasteiger charge is -2.25. The largest absolute Gasteiger partial charge is 0.481 e. The van der Waals surface area contributed by atoms with Crippen molar-refractivity contribution in [2.75, 3.05) is 6.54 Å². The molecule has 1 unspecified atom stereocenters. The smallest absolute Gasteiger partial charge is 0.305 e. The van der Waals surface area contributed by atoms with Gasteiger partial charge in [0, 0.05) is 18.3 Å². The summed E-state index contributed by atoms with van der Waals surface area (Å²) in [5.41, 5.74) is 1.25. The molecule has 0 spiro atoms. The highest BCUT2D eigenvalue weighted by Crippen LogP contribution is 2.28. The number of carbonyl (C=O) groups excluding carboxylic acids is 1. The summed E-state index contributed by atoms with van der Waals surface area (Å²) in [6.45, 7) is 0.212. The number of aromatic nitrogens is 1. The zero-order valence-corrected chi connectivity index (χ0v) is 11.3. The van der Waals surface area contributed by atoms with Crippen molar-refractivity contribution < 1.29 is 23.5 Å². The molecule has 114 valence electrons. The first kappa shape index (κ1) is 14.2. The van der Waals surface area contributed by atoms with Gasteiger partial charge < -0.3 is 15.0 Å². The first-order chi connectivity index (χ1) is 10.5. The van der Waals surface area contributed by atoms with Gasteiger partial charge in [-0.2, -0.15) is 0 Å². The molecule has 0 radical (unpaired) electrons. The van der Waals surface area contributed by atoms with E-state index in [-0.39, 0.29) is 18.9 Å². The number of aliphatic carboxylic acids is 1. The predicted molar refractivity (Wildman–Crippen MR) is 73.4 cm³/mol. The minimum atomic E-state index is -0.979. The van der Waals surface area contributed by atoms with Crippen LogP contribution in [0, 0.1) is 11.6 Å². The molecule has 1 amide bonds. The Bertz CT molecular complexity index is 770. The van der Waals surface area contributed by atoms with Gasteiger partial charge >= 0.3 is 5.97 Å². The van der Waals surface area contributed by atoms with Crippen LogP contribution in [-0.2, 0) is 4.79 Å². The molecule has 7 heteroatoms. The summed E-state index contributed by atoms with van der Waals surface area (Å²) >= 11 is 0. The van der Waals surface area contributed by atoms with Crippen LogP contribution in [-0.4, -0.2) is 28.1 Å². The average molecular weight is 306 g/mol. The number of hydrogen-bond donors (Lipinski definition) is 2. The monoisotopic (exact) mass is 306 g/mol. The molecule has 0 saturated carbocycles. The Morgan fingerprint density at radius 2 is 2.05 bits per heavy atom. The standard InChI is InChI=1S/C15H12F2N2O3/c16-11-2-1-8(3-12(11)17)9-4-13-15(22)18-6-10(5-14(20)21)19(13)7-9/h1-4,7,10H,5-6H2,(H,18,22)(H,20,21). The SMILES string of the molecule is O=C(O)CC1CNC(=O)c2cc(-c3ccc(F)c(F)c3)cn21. The molecule has 5 nitrogen and oxygen atoms in total. The number of halogens is 2. The average Bonchev–Trinajstić information content (AvgIpc) is 2.91. The second-order valence-corrected chi connectivity index (χ2v) is 5.11. The van der Waals surface area contributed by atoms with E-state index in [0.717, 1.165) is 12.1 Å². The number of rotatable bonds is 3. The fourth-order valence-corrected chi connectivity index (χ4v) is 2.57. The van der Waals surface area contributed by atoms with Gasteiger partial charge in [-0.3, -0.25) is 9.59 Å². The number of carboxylic acid groups (broad SMARTS) is 1. The van der Waals surface area contributed by atoms with Crippen LogP contribution < -0.4 is 5.32 Å². The summed E-state index contributed by atoms with van der Waals surface area (Å²) in [5.74, 6) is -3.23. The van der Waals surface area contributed by atoms with Gasteiger partial charge in [0.15, 0.2) is 11.6 Å². The maximum Gasteiger partial charge on any atom is 0.305 e. The number of fused-ring (bicyclic) bond motifs is 1. The molecule has 1 aromatic carbocycles. The topological polar surface area (TPSA) is 71.3 Å². The van der Waals surface area contributed by atoms with Gasteiger partial charge in [-0.05, 0) is 23.8 Å². The second kappa shape index (κ2) is 5.25. The summed E-state index contributed by atoms with van der Waals surface area (Å²) in [6.07, 6.45) is 1.45. The van der Waals surface area contributed by atoms with Gasteiger partial charge in [0.2, 0.25) is 0 Å². The van der Waals surface area contributed by atoms with E-state index in [0.29, 0.717) is 16.8 Å². The Hall–Kier alpha value is -2.70. The van der Waals surface area contributed by atoms with Crippen LogP contribution in [0.3, 0.4) is 0 Å². The summed E-state index contributed by atoms with van der Waals surface area (Å²) in [6, 6.07) is 4.58. The van der Waals surface area contributed by atoms with Crippen molar-refractivity contribution in [3.05, 3.63) is 47.8 Å². The van der Waals surface area contributed by atoms with Crippen LogP contribution in [0.15, 0.2) is 30.5 Å². The molecule has 2 aromatic rings. The van der Waals surface area contributed by atoms with Crippen molar-refractivity contribution in [2.45, 2.75) is 12.5 Å². The summed E-state index contributed by atoms with van der Waals surface area (Å²) < 4.78 is 27.9. The van der Waals surface area contributed by atoms with Crippen molar-refractivity contribution in [3.8, 4) is 11.1 Å². The fraction of sp³-hybridized carbons (Fsp3) is 0.200. The first-order valence-corrected chi connectivity index (χ1v) is 6.63. The molecule has 1 aliphatic rings. The van der Waals surface area contributed by atoms with Gasteiger partial charge in [0.25, 0.3) is 5.91 Å². The normalized spacial score (nSPS) is 17.0. The fourth-order valence-electron chi connectivity index (χ4n) is 2.57. The number of hydrogen-bond acceptors (Lipinski definition) is 2. The van der Waals surface area contributed by atoms with Crippen LogP contribution in [0.5, 0.6) is 0 Å². The van der Waals surface area contributed by atoms with Gasteiger partial charge in [0.05, 0.1) is 12.5 Å². The van der Waals surface area contributed by atoms with E-state index in [1.807, 2.05) is 0 Å². The van der Waals surface area contributed by atoms with Crippen molar-refractivity contribution in [2.24, 2.45) is 0 Å². The number of nitrogens with zero attached hydrogens (tertiary/aromatic N) is 1. The molecule has 0 bridgehead atoms. The molecule has 22 heavy (non-hydrogen) atoms. The van der Waals surface area contributed by atoms with E-state index < -0.39 is 23.6 Å². The third-order valence-electron chi connectivity index (χ3n) is 3.64. The van der Waals surface area contributed by atoms with Crippen molar-refractivity contribution >= 4 is 11.9 Å². The maximum absolute atomic E-state index is 13.3. The molecule has 2 N–H and O–H groups in total. The van der Waals surface area contributed by atoms with Crippen molar-refractivity contribution in [1.29, 1.82) is 0 Å². The highest BCUT2D eigenvalue weighted by Gasteiger charge is 2.27. The molecule has 1 aromatic heterocycles. The zero-order chi connectivity index (χ0) is 15.9. The van der Waals surface area contributed by atoms with Crippen LogP contribution in [0.1, 0.15) is 23.0 Å². The van der Waals surface area contributed by atoms with Gasteiger partial charge in [0.1, 0.15) is 5.69 Å². The van der Waals surface area contributed by atoms with E-state index in [1.165, 1.54) is 12.1 Å². The highest BCUT2D eigenvalue weighted by atomic mass is 19.2. The molecule has 0 aliphatic carbocycles. The summed E-state index contributed by atoms with van der Waals surface area (Å²) in [5, 5.41) is 11.6. The van der Waals surface area contributed by atoms with E-state index in [9.17, 15) is 18.4 Å². The lowest BCUT2D eigenvalue weighted by Crippen LogP contribution is -2.39. The predicted octanol–water partition coefficient (Wildman–Crippen LogP) is 2.19. The molecule has 0 saturated heterocycles. The molecule has 1 aliphatic heterocycles. The van der Waals surface area contributed by atoms with E-state index in [1.54, 1.807) is 10.8 Å². The molecular formula is C15H12F2N2O3. The Balaban J connectivity index is 2.03. The lowest BCUT2D eigenvalue weighted by molar-refractivity contribution is -0.137. The van der Waals surface area contributed by atoms with Crippen LogP contribution in [0.25, 0.3) is 11.1 Å². The van der Waals surface area contributed by atoms with Crippen LogP contribution in [0.4, 0.5) is 8.78 Å². The number of nitrogens with one attached hydrogen (secondary N) is 1. The summed E-state index contributed by atoms with van der Waals surface area (Å²) in [7, 11) is 0. The molecule has 0 fully saturated rings. The summed E-state index contributed by atoms with van der Waals surface area (Å²) in [4.78, 5) is 22.8. The van der Waals surface area contributed by atoms with E-state index >= 15 is 0 Å². The Kier molecular flexibility index (Phi) is 3.40. The zero-order valence-electron chi connectivity index (χ0n) is 11.3. The number of carboxylic acids is 1. The lowest BCUT2D eigenvalue weighted by atomic mass is 10.1. The number of amides is 1. The molecule has 3 rings (SSSR count). The first-order valence-electron chi connectivity index (χ1n) is 6.63. The van der Waals surface area contributed by atoms with Crippen molar-refractivity contribution in [1.82, 2.24) is 9.88 Å². The number of carbonyl (C=O) groups is 2. The quantitative estimate of drug-likeness (QED) is 0.913. The third kappa shape index (κ3) is 2.45. The second-order valence-electron chi connectivity index (χ2n) is 5.11. The van der Waals surface area contributed by atoms with Gasteiger partial charge in [-0.1, -0.05) is 6.07 Å². The Morgan fingerprint density at radius 3 is 2.73 bits per heavy atom. The minimum Gasteiger partial charge on any atom is -0.481 e. The Labute approximate surface area is 124 Å². The maximum atomic E-state index is 13.3. The van der Waals surface area contributed by atoms with Gasteiger partial charge in [-0.25, -0.2) is 8.78 Å². The van der Waals surface area contributed by atoms with Gasteiger partial charge in [-0.15, -0.1) is 0 Å². The van der Waals surface area contributed by atoms with Crippen molar-refractivity contribution in [3.63, 3.8) is 0 Å². The van der Waals surface area contributed by atoms with Crippen LogP contribution >= 0.6 is 0 Å². The highest BCUT2D eigenvalue weighted by molar-refractivity contribution is 5.95. The number of benzene rings is 1. The molecule has 1 atom stereocenters. The van der Waals surface area contributed by atoms with E-state index in [2.05, 4.69) is 5.32 Å². The van der Waals surface area contributed by atoms with E-state index in [4.69, 9.17) is 5.11 Å².